The van der Waals surface area contributed by atoms with Gasteiger partial charge in [0.25, 0.3) is 0 Å². The second-order valence-electron chi connectivity index (χ2n) is 6.94. The lowest BCUT2D eigenvalue weighted by Crippen LogP contribution is -2.24. The van der Waals surface area contributed by atoms with E-state index in [2.05, 4.69) is 51.6 Å². The lowest BCUT2D eigenvalue weighted by atomic mass is 10.1. The Labute approximate surface area is 176 Å². The van der Waals surface area contributed by atoms with Crippen LogP contribution in [0, 0.1) is 12.3 Å². The number of aliphatic imine (C=N–C) groups is 1. The van der Waals surface area contributed by atoms with Crippen LogP contribution < -0.4 is 5.43 Å². The molecule has 0 aliphatic carbocycles. The van der Waals surface area contributed by atoms with E-state index >= 15 is 0 Å². The van der Waals surface area contributed by atoms with Crippen LogP contribution in [0.5, 0.6) is 0 Å². The van der Waals surface area contributed by atoms with E-state index in [1.165, 1.54) is 6.21 Å². The molecule has 2 N–H and O–H groups in total. The quantitative estimate of drug-likeness (QED) is 0.488. The highest BCUT2D eigenvalue weighted by Crippen LogP contribution is 2.30. The van der Waals surface area contributed by atoms with Gasteiger partial charge in [0, 0.05) is 42.1 Å². The van der Waals surface area contributed by atoms with E-state index in [1.54, 1.807) is 0 Å². The molecule has 3 rings (SSSR count). The molecule has 1 aliphatic heterocycles. The second kappa shape index (κ2) is 9.49. The number of benzene rings is 2. The molecule has 150 valence electrons. The van der Waals surface area contributed by atoms with Crippen molar-refractivity contribution in [1.82, 2.24) is 9.80 Å². The number of anilines is 1. The van der Waals surface area contributed by atoms with Gasteiger partial charge in [0.1, 0.15) is 0 Å². The third-order valence-electron chi connectivity index (χ3n) is 4.87. The fourth-order valence-corrected chi connectivity index (χ4v) is 3.53. The molecule has 1 heterocycles. The highest BCUT2D eigenvalue weighted by molar-refractivity contribution is 6.30. The summed E-state index contributed by atoms with van der Waals surface area (Å²) in [5, 5.41) is 11.8. The Hall–Kier alpha value is -2.96. The summed E-state index contributed by atoms with van der Waals surface area (Å²) in [6.45, 7) is 13.4. The lowest BCUT2D eigenvalue weighted by molar-refractivity contribution is 0.289. The van der Waals surface area contributed by atoms with Crippen LogP contribution >= 0.6 is 11.6 Å². The van der Waals surface area contributed by atoms with Gasteiger partial charge >= 0.3 is 0 Å². The largest absolute Gasteiger partial charge is 0.357 e. The smallest absolute Gasteiger partial charge is 0.0711 e. The summed E-state index contributed by atoms with van der Waals surface area (Å²) >= 11 is 6.07. The zero-order valence-corrected chi connectivity index (χ0v) is 17.3. The normalized spacial score (nSPS) is 14.3. The maximum absolute atomic E-state index is 7.07. The molecule has 0 aromatic heterocycles. The summed E-state index contributed by atoms with van der Waals surface area (Å²) in [4.78, 5) is 8.71. The Balaban J connectivity index is 1.72. The molecule has 0 radical (unpaired) electrons. The Kier molecular flexibility index (Phi) is 6.80. The molecule has 1 aliphatic rings. The molecule has 1 saturated heterocycles. The Bertz CT molecular complexity index is 952. The fraction of sp³-hybridized carbons (Fsp3) is 0.227. The van der Waals surface area contributed by atoms with E-state index in [1.807, 2.05) is 30.3 Å². The van der Waals surface area contributed by atoms with Gasteiger partial charge in [0.15, 0.2) is 0 Å². The van der Waals surface area contributed by atoms with Gasteiger partial charge in [-0.2, -0.15) is 5.10 Å². The first-order valence-electron chi connectivity index (χ1n) is 9.32. The maximum Gasteiger partial charge on any atom is 0.0711 e. The van der Waals surface area contributed by atoms with Crippen molar-refractivity contribution in [2.24, 2.45) is 10.1 Å². The Morgan fingerprint density at radius 3 is 2.86 bits per heavy atom. The molecule has 0 unspecified atom stereocenters. The van der Waals surface area contributed by atoms with Gasteiger partial charge in [-0.25, -0.2) is 0 Å². The number of hydrogen-bond donors (Lipinski definition) is 2. The third-order valence-corrected chi connectivity index (χ3v) is 5.11. The summed E-state index contributed by atoms with van der Waals surface area (Å²) in [6, 6.07) is 11.9. The van der Waals surface area contributed by atoms with Crippen LogP contribution in [0.2, 0.25) is 5.02 Å². The summed E-state index contributed by atoms with van der Waals surface area (Å²) < 4.78 is 0. The molecule has 0 bridgehead atoms. The minimum atomic E-state index is 0.665. The molecule has 0 amide bonds. The zero-order chi connectivity index (χ0) is 20.8. The first-order valence-corrected chi connectivity index (χ1v) is 9.70. The SMILES string of the molecule is C=Nc1cc(Cl)ccc1CN1CCN(C(=C)c2cc(C)ccc2N/N=C\C=N)C1. The number of halogens is 1. The first kappa shape index (κ1) is 20.8. The highest BCUT2D eigenvalue weighted by atomic mass is 35.5. The Morgan fingerprint density at radius 1 is 1.28 bits per heavy atom. The highest BCUT2D eigenvalue weighted by Gasteiger charge is 2.23. The average molecular weight is 409 g/mol. The number of aryl methyl sites for hydroxylation is 1. The number of nitrogens with one attached hydrogen (secondary N) is 2. The van der Waals surface area contributed by atoms with Crippen LogP contribution in [-0.4, -0.2) is 48.7 Å². The maximum atomic E-state index is 7.07. The lowest BCUT2D eigenvalue weighted by Gasteiger charge is -2.24. The van der Waals surface area contributed by atoms with E-state index in [4.69, 9.17) is 17.0 Å². The van der Waals surface area contributed by atoms with Gasteiger partial charge in [0.2, 0.25) is 0 Å². The van der Waals surface area contributed by atoms with E-state index in [9.17, 15) is 0 Å². The number of nitrogens with zero attached hydrogens (tertiary/aromatic N) is 4. The molecule has 29 heavy (non-hydrogen) atoms. The van der Waals surface area contributed by atoms with E-state index in [0.29, 0.717) is 5.02 Å². The minimum absolute atomic E-state index is 0.665. The van der Waals surface area contributed by atoms with Crippen LogP contribution in [0.1, 0.15) is 16.7 Å². The molecular weight excluding hydrogens is 384 g/mol. The zero-order valence-electron chi connectivity index (χ0n) is 16.5. The van der Waals surface area contributed by atoms with Crippen molar-refractivity contribution in [1.29, 1.82) is 5.41 Å². The molecule has 0 atom stereocenters. The van der Waals surface area contributed by atoms with Crippen LogP contribution in [0.25, 0.3) is 5.70 Å². The van der Waals surface area contributed by atoms with Gasteiger partial charge in [-0.1, -0.05) is 35.9 Å². The standard InChI is InChI=1S/C22H25ClN6/c1-16-4-7-21(27-26-9-8-24)20(12-16)17(2)29-11-10-28(15-29)14-18-5-6-19(23)13-22(18)25-3/h4-9,12-13,24,27H,2-3,10-11,14-15H2,1H3/b24-8?,26-9-. The van der Waals surface area contributed by atoms with Gasteiger partial charge in [-0.15, -0.1) is 0 Å². The van der Waals surface area contributed by atoms with E-state index < -0.39 is 0 Å². The Morgan fingerprint density at radius 2 is 2.10 bits per heavy atom. The van der Waals surface area contributed by atoms with Crippen molar-refractivity contribution in [3.05, 3.63) is 64.7 Å². The molecule has 1 fully saturated rings. The molecule has 2 aromatic rings. The molecule has 2 aromatic carbocycles. The summed E-state index contributed by atoms with van der Waals surface area (Å²) in [5.41, 5.74) is 8.91. The molecular formula is C22H25ClN6. The van der Waals surface area contributed by atoms with Crippen LogP contribution in [0.15, 0.2) is 53.1 Å². The fourth-order valence-electron chi connectivity index (χ4n) is 3.36. The molecule has 6 nitrogen and oxygen atoms in total. The molecule has 7 heteroatoms. The summed E-state index contributed by atoms with van der Waals surface area (Å²) in [5.74, 6) is 0. The van der Waals surface area contributed by atoms with E-state index in [-0.39, 0.29) is 0 Å². The van der Waals surface area contributed by atoms with Crippen LogP contribution in [0.3, 0.4) is 0 Å². The number of rotatable bonds is 8. The topological polar surface area (TPSA) is 67.1 Å². The van der Waals surface area contributed by atoms with Gasteiger partial charge in [-0.3, -0.25) is 15.3 Å². The number of hydrogen-bond acceptors (Lipinski definition) is 6. The van der Waals surface area contributed by atoms with Crippen molar-refractivity contribution in [2.75, 3.05) is 25.2 Å². The third kappa shape index (κ3) is 5.10. The number of hydrazone groups is 1. The molecule has 0 saturated carbocycles. The van der Waals surface area contributed by atoms with Crippen molar-refractivity contribution in [3.8, 4) is 0 Å². The first-order chi connectivity index (χ1) is 14.0. The van der Waals surface area contributed by atoms with Gasteiger partial charge in [-0.05, 0) is 43.5 Å². The second-order valence-corrected chi connectivity index (χ2v) is 7.38. The van der Waals surface area contributed by atoms with Crippen molar-refractivity contribution in [3.63, 3.8) is 0 Å². The minimum Gasteiger partial charge on any atom is -0.357 e. The average Bonchev–Trinajstić information content (AvgIpc) is 3.18. The summed E-state index contributed by atoms with van der Waals surface area (Å²) in [6.07, 6.45) is 2.54. The van der Waals surface area contributed by atoms with Gasteiger partial charge in [0.05, 0.1) is 24.3 Å². The monoisotopic (exact) mass is 408 g/mol. The van der Waals surface area contributed by atoms with Crippen molar-refractivity contribution >= 4 is 47.8 Å². The van der Waals surface area contributed by atoms with Crippen LogP contribution in [-0.2, 0) is 6.54 Å². The van der Waals surface area contributed by atoms with Crippen LogP contribution in [0.4, 0.5) is 11.4 Å². The molecule has 0 spiro atoms. The van der Waals surface area contributed by atoms with Gasteiger partial charge < -0.3 is 10.3 Å². The van der Waals surface area contributed by atoms with Crippen molar-refractivity contribution < 1.29 is 0 Å². The predicted octanol–water partition coefficient (Wildman–Crippen LogP) is 4.77. The van der Waals surface area contributed by atoms with Crippen molar-refractivity contribution in [2.45, 2.75) is 13.5 Å². The van der Waals surface area contributed by atoms with E-state index in [0.717, 1.165) is 66.3 Å². The summed E-state index contributed by atoms with van der Waals surface area (Å²) in [7, 11) is 0. The predicted molar refractivity (Wildman–Crippen MR) is 124 cm³/mol.